The van der Waals surface area contributed by atoms with Crippen LogP contribution in [0.5, 0.6) is 11.8 Å². The number of nitrogens with one attached hydrogen (secondary N) is 1. The van der Waals surface area contributed by atoms with E-state index in [4.69, 9.17) is 14.2 Å². The van der Waals surface area contributed by atoms with Crippen molar-refractivity contribution in [3.63, 3.8) is 0 Å². The summed E-state index contributed by atoms with van der Waals surface area (Å²) in [4.78, 5) is 30.9. The van der Waals surface area contributed by atoms with Crippen molar-refractivity contribution in [3.8, 4) is 11.8 Å². The molecule has 2 unspecified atom stereocenters. The highest BCUT2D eigenvalue weighted by molar-refractivity contribution is 5.94. The normalized spacial score (nSPS) is 17.1. The molecule has 2 aromatic heterocycles. The summed E-state index contributed by atoms with van der Waals surface area (Å²) in [5, 5.41) is 11.1. The number of carbonyl (C=O) groups excluding carboxylic acids is 2. The number of anilines is 1. The summed E-state index contributed by atoms with van der Waals surface area (Å²) in [6.07, 6.45) is 2.54. The molecule has 0 radical (unpaired) electrons. The smallest absolute Gasteiger partial charge is 0.315 e. The van der Waals surface area contributed by atoms with Crippen molar-refractivity contribution in [1.82, 2.24) is 29.4 Å². The molecule has 36 heavy (non-hydrogen) atoms. The molecular weight excluding hydrogens is 466 g/mol. The fourth-order valence-electron chi connectivity index (χ4n) is 3.66. The predicted molar refractivity (Wildman–Crippen MR) is 130 cm³/mol. The highest BCUT2D eigenvalue weighted by atomic mass is 16.6. The molecule has 3 heterocycles. The maximum absolute atomic E-state index is 12.6. The standard InChI is InChI=1S/C24H31N7O5/c1-16-5-7-19(8-6-16)34-10-9-29(3)22(32)14-31-13-18(12-25-31)27-23(33)21-11-20(15-35-21)36-24-26-17(2)28-30(24)4/h5-8,12-13,20-21H,9-11,14-15H2,1-4H3,(H,27,33). The van der Waals surface area contributed by atoms with Crippen LogP contribution in [0, 0.1) is 13.8 Å². The first-order valence-corrected chi connectivity index (χ1v) is 11.7. The van der Waals surface area contributed by atoms with E-state index >= 15 is 0 Å². The lowest BCUT2D eigenvalue weighted by molar-refractivity contribution is -0.131. The second kappa shape index (κ2) is 11.2. The Labute approximate surface area is 209 Å². The lowest BCUT2D eigenvalue weighted by atomic mass is 10.2. The number of ether oxygens (including phenoxy) is 3. The Morgan fingerprint density at radius 3 is 2.75 bits per heavy atom. The van der Waals surface area contributed by atoms with Gasteiger partial charge in [-0.1, -0.05) is 17.7 Å². The zero-order valence-electron chi connectivity index (χ0n) is 20.9. The van der Waals surface area contributed by atoms with Gasteiger partial charge in [0.1, 0.15) is 31.1 Å². The molecule has 1 N–H and O–H groups in total. The average Bonchev–Trinajstić information content (AvgIpc) is 3.56. The van der Waals surface area contributed by atoms with Crippen LogP contribution < -0.4 is 14.8 Å². The van der Waals surface area contributed by atoms with E-state index in [0.717, 1.165) is 11.3 Å². The Bertz CT molecular complexity index is 1190. The molecule has 1 fully saturated rings. The number of aromatic nitrogens is 5. The molecule has 12 heteroatoms. The first kappa shape index (κ1) is 25.2. The number of carbonyl (C=O) groups is 2. The first-order valence-electron chi connectivity index (χ1n) is 11.7. The van der Waals surface area contributed by atoms with Gasteiger partial charge in [-0.05, 0) is 26.0 Å². The molecule has 2 atom stereocenters. The van der Waals surface area contributed by atoms with Gasteiger partial charge in [-0.15, -0.1) is 0 Å². The Hall–Kier alpha value is -3.93. The van der Waals surface area contributed by atoms with E-state index in [2.05, 4.69) is 20.5 Å². The van der Waals surface area contributed by atoms with Crippen LogP contribution in [0.3, 0.4) is 0 Å². The molecule has 1 aliphatic rings. The molecule has 0 bridgehead atoms. The summed E-state index contributed by atoms with van der Waals surface area (Å²) in [6.45, 7) is 4.93. The Kier molecular flexibility index (Phi) is 7.84. The molecule has 0 saturated carbocycles. The Morgan fingerprint density at radius 2 is 2.03 bits per heavy atom. The number of nitrogens with zero attached hydrogens (tertiary/aromatic N) is 6. The van der Waals surface area contributed by atoms with Gasteiger partial charge in [-0.3, -0.25) is 14.3 Å². The number of hydrogen-bond donors (Lipinski definition) is 1. The van der Waals surface area contributed by atoms with Crippen molar-refractivity contribution in [1.29, 1.82) is 0 Å². The fraction of sp³-hybridized carbons (Fsp3) is 0.458. The second-order valence-electron chi connectivity index (χ2n) is 8.76. The van der Waals surface area contributed by atoms with Gasteiger partial charge in [0.15, 0.2) is 5.82 Å². The molecule has 1 aliphatic heterocycles. The lowest BCUT2D eigenvalue weighted by Gasteiger charge is -2.17. The monoisotopic (exact) mass is 497 g/mol. The van der Waals surface area contributed by atoms with E-state index < -0.39 is 6.10 Å². The SMILES string of the molecule is Cc1ccc(OCCN(C)C(=O)Cn2cc(NC(=O)C3CC(Oc4nc(C)nn4C)CO3)cn2)cc1. The molecule has 0 aliphatic carbocycles. The van der Waals surface area contributed by atoms with Crippen molar-refractivity contribution in [2.24, 2.45) is 7.05 Å². The summed E-state index contributed by atoms with van der Waals surface area (Å²) in [7, 11) is 3.46. The largest absolute Gasteiger partial charge is 0.492 e. The van der Waals surface area contributed by atoms with Crippen LogP contribution in [0.2, 0.25) is 0 Å². The molecule has 12 nitrogen and oxygen atoms in total. The molecule has 0 spiro atoms. The fourth-order valence-corrected chi connectivity index (χ4v) is 3.66. The van der Waals surface area contributed by atoms with Gasteiger partial charge in [-0.25, -0.2) is 4.68 Å². The first-order chi connectivity index (χ1) is 17.3. The van der Waals surface area contributed by atoms with Crippen LogP contribution in [-0.2, 0) is 27.9 Å². The van der Waals surface area contributed by atoms with Gasteiger partial charge in [0.2, 0.25) is 5.91 Å². The molecule has 3 aromatic rings. The summed E-state index contributed by atoms with van der Waals surface area (Å²) in [5.74, 6) is 0.952. The van der Waals surface area contributed by atoms with E-state index in [1.165, 1.54) is 10.9 Å². The van der Waals surface area contributed by atoms with Gasteiger partial charge in [0.05, 0.1) is 25.0 Å². The predicted octanol–water partition coefficient (Wildman–Crippen LogP) is 1.34. The van der Waals surface area contributed by atoms with Crippen LogP contribution in [0.4, 0.5) is 5.69 Å². The second-order valence-corrected chi connectivity index (χ2v) is 8.76. The molecule has 1 saturated heterocycles. The molecular formula is C24H31N7O5. The zero-order valence-corrected chi connectivity index (χ0v) is 20.9. The van der Waals surface area contributed by atoms with Crippen LogP contribution in [0.1, 0.15) is 17.8 Å². The number of rotatable bonds is 10. The maximum Gasteiger partial charge on any atom is 0.315 e. The molecule has 1 aromatic carbocycles. The quantitative estimate of drug-likeness (QED) is 0.445. The maximum atomic E-state index is 12.6. The molecule has 2 amide bonds. The number of likely N-dealkylation sites (N-methyl/N-ethyl adjacent to an activating group) is 1. The summed E-state index contributed by atoms with van der Waals surface area (Å²) >= 11 is 0. The number of benzene rings is 1. The summed E-state index contributed by atoms with van der Waals surface area (Å²) in [5.41, 5.74) is 1.64. The Morgan fingerprint density at radius 1 is 1.25 bits per heavy atom. The van der Waals surface area contributed by atoms with Crippen LogP contribution in [0.25, 0.3) is 0 Å². The average molecular weight is 498 g/mol. The molecule has 4 rings (SSSR count). The third-order valence-electron chi connectivity index (χ3n) is 5.69. The van der Waals surface area contributed by atoms with Gasteiger partial charge < -0.3 is 24.4 Å². The van der Waals surface area contributed by atoms with Crippen molar-refractivity contribution < 1.29 is 23.8 Å². The number of aryl methyl sites for hydroxylation is 3. The van der Waals surface area contributed by atoms with Crippen molar-refractivity contribution in [2.75, 3.05) is 32.1 Å². The van der Waals surface area contributed by atoms with Gasteiger partial charge in [0.25, 0.3) is 5.91 Å². The highest BCUT2D eigenvalue weighted by Crippen LogP contribution is 2.20. The molecule has 192 valence electrons. The van der Waals surface area contributed by atoms with Gasteiger partial charge in [0, 0.05) is 26.7 Å². The zero-order chi connectivity index (χ0) is 25.7. The Balaban J connectivity index is 1.19. The minimum atomic E-state index is -0.658. The van der Waals surface area contributed by atoms with Crippen LogP contribution in [-0.4, -0.2) is 80.3 Å². The van der Waals surface area contributed by atoms with Gasteiger partial charge >= 0.3 is 6.01 Å². The van der Waals surface area contributed by atoms with Gasteiger partial charge in [-0.2, -0.15) is 15.2 Å². The van der Waals surface area contributed by atoms with E-state index in [1.54, 1.807) is 36.8 Å². The van der Waals surface area contributed by atoms with Crippen molar-refractivity contribution in [3.05, 3.63) is 48.0 Å². The number of hydrogen-bond acceptors (Lipinski definition) is 8. The van der Waals surface area contributed by atoms with E-state index in [0.29, 0.717) is 37.1 Å². The van der Waals surface area contributed by atoms with E-state index in [-0.39, 0.29) is 31.1 Å². The van der Waals surface area contributed by atoms with Crippen LogP contribution >= 0.6 is 0 Å². The minimum absolute atomic E-state index is 0.0455. The third kappa shape index (κ3) is 6.60. The highest BCUT2D eigenvalue weighted by Gasteiger charge is 2.33. The van der Waals surface area contributed by atoms with Crippen LogP contribution in [0.15, 0.2) is 36.7 Å². The van der Waals surface area contributed by atoms with Crippen molar-refractivity contribution in [2.45, 2.75) is 39.0 Å². The van der Waals surface area contributed by atoms with E-state index in [9.17, 15) is 9.59 Å². The topological polar surface area (TPSA) is 126 Å². The third-order valence-corrected chi connectivity index (χ3v) is 5.69. The van der Waals surface area contributed by atoms with E-state index in [1.807, 2.05) is 31.2 Å². The number of amides is 2. The lowest BCUT2D eigenvalue weighted by Crippen LogP contribution is -2.33. The minimum Gasteiger partial charge on any atom is -0.492 e. The van der Waals surface area contributed by atoms with Crippen molar-refractivity contribution >= 4 is 17.5 Å². The summed E-state index contributed by atoms with van der Waals surface area (Å²) < 4.78 is 20.1. The summed E-state index contributed by atoms with van der Waals surface area (Å²) in [6, 6.07) is 8.15.